The maximum absolute atomic E-state index is 13.0. The number of hydrogen-bond acceptors (Lipinski definition) is 4. The van der Waals surface area contributed by atoms with Crippen LogP contribution in [0.5, 0.6) is 0 Å². The molecule has 3 aliphatic rings. The van der Waals surface area contributed by atoms with Crippen molar-refractivity contribution in [3.63, 3.8) is 0 Å². The minimum absolute atomic E-state index is 0.0345. The first-order chi connectivity index (χ1) is 18.9. The summed E-state index contributed by atoms with van der Waals surface area (Å²) in [6.45, 7) is 1.21. The summed E-state index contributed by atoms with van der Waals surface area (Å²) in [4.78, 5) is 54.9. The van der Waals surface area contributed by atoms with Gasteiger partial charge in [0.2, 0.25) is 17.7 Å². The van der Waals surface area contributed by atoms with Crippen molar-refractivity contribution in [1.82, 2.24) is 9.80 Å². The van der Waals surface area contributed by atoms with Crippen molar-refractivity contribution in [1.29, 1.82) is 0 Å². The van der Waals surface area contributed by atoms with Gasteiger partial charge in [-0.1, -0.05) is 24.6 Å². The maximum Gasteiger partial charge on any atom is 0.253 e. The van der Waals surface area contributed by atoms with Crippen molar-refractivity contribution < 1.29 is 19.2 Å². The predicted octanol–water partition coefficient (Wildman–Crippen LogP) is 4.47. The van der Waals surface area contributed by atoms with Crippen LogP contribution in [0.4, 0.5) is 11.4 Å². The summed E-state index contributed by atoms with van der Waals surface area (Å²) >= 11 is 0. The quantitative estimate of drug-likeness (QED) is 0.526. The Kier molecular flexibility index (Phi) is 8.29. The molecule has 1 atom stereocenters. The molecular formula is C31H38N4O4. The molecule has 3 fully saturated rings. The molecular weight excluding hydrogens is 492 g/mol. The molecule has 0 bridgehead atoms. The molecule has 8 heteroatoms. The summed E-state index contributed by atoms with van der Waals surface area (Å²) in [5.41, 5.74) is 2.55. The number of rotatable bonds is 8. The van der Waals surface area contributed by atoms with Crippen molar-refractivity contribution in [2.24, 2.45) is 11.8 Å². The highest BCUT2D eigenvalue weighted by molar-refractivity contribution is 5.98. The highest BCUT2D eigenvalue weighted by atomic mass is 16.2. The lowest BCUT2D eigenvalue weighted by atomic mass is 9.83. The second kappa shape index (κ2) is 12.0. The van der Waals surface area contributed by atoms with Crippen LogP contribution in [0.25, 0.3) is 0 Å². The van der Waals surface area contributed by atoms with Gasteiger partial charge in [0.25, 0.3) is 5.91 Å². The summed E-state index contributed by atoms with van der Waals surface area (Å²) in [5.74, 6) is -0.206. The molecule has 206 valence electrons. The van der Waals surface area contributed by atoms with Crippen LogP contribution in [-0.4, -0.2) is 59.6 Å². The molecule has 2 saturated carbocycles. The number of nitrogens with one attached hydrogen (secondary N) is 2. The smallest absolute Gasteiger partial charge is 0.253 e. The maximum atomic E-state index is 13.0. The van der Waals surface area contributed by atoms with Gasteiger partial charge in [-0.15, -0.1) is 0 Å². The third-order valence-corrected chi connectivity index (χ3v) is 8.45. The van der Waals surface area contributed by atoms with E-state index in [4.69, 9.17) is 0 Å². The van der Waals surface area contributed by atoms with Gasteiger partial charge in [0.15, 0.2) is 0 Å². The molecule has 1 aliphatic heterocycles. The summed E-state index contributed by atoms with van der Waals surface area (Å²) in [6.07, 6.45) is 8.02. The first-order valence-electron chi connectivity index (χ1n) is 14.2. The highest BCUT2D eigenvalue weighted by Crippen LogP contribution is 2.30. The van der Waals surface area contributed by atoms with E-state index < -0.39 is 0 Å². The summed E-state index contributed by atoms with van der Waals surface area (Å²) in [5, 5.41) is 5.88. The van der Waals surface area contributed by atoms with E-state index >= 15 is 0 Å². The molecule has 0 aromatic heterocycles. The zero-order valence-corrected chi connectivity index (χ0v) is 22.7. The Morgan fingerprint density at radius 2 is 1.54 bits per heavy atom. The zero-order chi connectivity index (χ0) is 27.4. The lowest BCUT2D eigenvalue weighted by Crippen LogP contribution is -2.47. The van der Waals surface area contributed by atoms with Crippen LogP contribution in [-0.2, 0) is 20.8 Å². The van der Waals surface area contributed by atoms with E-state index in [0.29, 0.717) is 29.5 Å². The molecule has 8 nitrogen and oxygen atoms in total. The number of likely N-dealkylation sites (tertiary alicyclic amines) is 1. The predicted molar refractivity (Wildman–Crippen MR) is 150 cm³/mol. The Labute approximate surface area is 230 Å². The minimum atomic E-state index is -0.229. The molecule has 39 heavy (non-hydrogen) atoms. The van der Waals surface area contributed by atoms with Gasteiger partial charge >= 0.3 is 0 Å². The molecule has 2 aromatic carbocycles. The van der Waals surface area contributed by atoms with E-state index in [9.17, 15) is 19.2 Å². The molecule has 4 amide bonds. The van der Waals surface area contributed by atoms with E-state index in [1.54, 1.807) is 29.2 Å². The fourth-order valence-corrected chi connectivity index (χ4v) is 5.57. The van der Waals surface area contributed by atoms with Gasteiger partial charge in [0.1, 0.15) is 0 Å². The second-order valence-electron chi connectivity index (χ2n) is 11.2. The Balaban J connectivity index is 1.14. The Morgan fingerprint density at radius 1 is 0.846 bits per heavy atom. The fraction of sp³-hybridized carbons (Fsp3) is 0.484. The number of hydrogen-bond donors (Lipinski definition) is 2. The molecule has 1 heterocycles. The Bertz CT molecular complexity index is 1240. The average Bonchev–Trinajstić information content (AvgIpc) is 2.86. The Morgan fingerprint density at radius 3 is 2.23 bits per heavy atom. The summed E-state index contributed by atoms with van der Waals surface area (Å²) in [7, 11) is 1.84. The molecule has 5 rings (SSSR count). The number of nitrogens with zero attached hydrogens (tertiary/aromatic N) is 2. The van der Waals surface area contributed by atoms with Crippen LogP contribution in [0.1, 0.15) is 67.3 Å². The first kappa shape index (κ1) is 26.9. The second-order valence-corrected chi connectivity index (χ2v) is 11.2. The molecule has 1 unspecified atom stereocenters. The van der Waals surface area contributed by atoms with Gasteiger partial charge in [-0.25, -0.2) is 0 Å². The van der Waals surface area contributed by atoms with Gasteiger partial charge in [-0.3, -0.25) is 19.2 Å². The lowest BCUT2D eigenvalue weighted by molar-refractivity contribution is -0.141. The van der Waals surface area contributed by atoms with Gasteiger partial charge < -0.3 is 20.4 Å². The lowest BCUT2D eigenvalue weighted by Gasteiger charge is -2.36. The zero-order valence-electron chi connectivity index (χ0n) is 22.7. The first-order valence-corrected chi connectivity index (χ1v) is 14.2. The monoisotopic (exact) mass is 530 g/mol. The third-order valence-electron chi connectivity index (χ3n) is 8.45. The van der Waals surface area contributed by atoms with Crippen LogP contribution in [0.3, 0.4) is 0 Å². The van der Waals surface area contributed by atoms with Crippen LogP contribution < -0.4 is 10.6 Å². The number of carbonyl (C=O) groups is 4. The number of benzene rings is 2. The van der Waals surface area contributed by atoms with Crippen molar-refractivity contribution in [2.45, 2.75) is 63.8 Å². The van der Waals surface area contributed by atoms with Crippen molar-refractivity contribution >= 4 is 35.0 Å². The van der Waals surface area contributed by atoms with Gasteiger partial charge in [-0.05, 0) is 80.8 Å². The van der Waals surface area contributed by atoms with Crippen LogP contribution in [0.2, 0.25) is 0 Å². The number of amides is 4. The standard InChI is InChI=1S/C31H38N4O4/c1-34(27-14-5-15-27)30(38)23-10-4-13-26(19-23)32-28(36)18-21-7-2-12-25(17-21)33-29(37)24-11-6-16-35(20-24)31(39)22-8-3-9-22/h2,4,7,10,12-13,17,19,22,24,27H,3,5-6,8-9,11,14-16,18,20H2,1H3,(H,32,36)(H,33,37). The van der Waals surface area contributed by atoms with Crippen LogP contribution in [0, 0.1) is 11.8 Å². The third kappa shape index (κ3) is 6.49. The highest BCUT2D eigenvalue weighted by Gasteiger charge is 2.34. The SMILES string of the molecule is CN(C(=O)c1cccc(NC(=O)Cc2cccc(NC(=O)C3CCCN(C(=O)C4CCC4)C3)c2)c1)C1CCC1. The Hall–Kier alpha value is -3.68. The van der Waals surface area contributed by atoms with E-state index in [1.807, 2.05) is 36.2 Å². The molecule has 0 radical (unpaired) electrons. The summed E-state index contributed by atoms with van der Waals surface area (Å²) < 4.78 is 0. The van der Waals surface area contributed by atoms with E-state index in [2.05, 4.69) is 10.6 Å². The van der Waals surface area contributed by atoms with Crippen LogP contribution in [0.15, 0.2) is 48.5 Å². The number of carbonyl (C=O) groups excluding carboxylic acids is 4. The minimum Gasteiger partial charge on any atom is -0.342 e. The average molecular weight is 531 g/mol. The van der Waals surface area contributed by atoms with Crippen molar-refractivity contribution in [3.05, 3.63) is 59.7 Å². The van der Waals surface area contributed by atoms with E-state index in [0.717, 1.165) is 63.5 Å². The normalized spacial score (nSPS) is 19.4. The summed E-state index contributed by atoms with van der Waals surface area (Å²) in [6, 6.07) is 14.6. The number of piperidine rings is 1. The topological polar surface area (TPSA) is 98.8 Å². The molecule has 0 spiro atoms. The molecule has 1 saturated heterocycles. The van der Waals surface area contributed by atoms with E-state index in [1.165, 1.54) is 0 Å². The molecule has 2 aliphatic carbocycles. The molecule has 2 aromatic rings. The van der Waals surface area contributed by atoms with Gasteiger partial charge in [-0.2, -0.15) is 0 Å². The fourth-order valence-electron chi connectivity index (χ4n) is 5.57. The largest absolute Gasteiger partial charge is 0.342 e. The molecule has 2 N–H and O–H groups in total. The van der Waals surface area contributed by atoms with Crippen LogP contribution >= 0.6 is 0 Å². The number of anilines is 2. The van der Waals surface area contributed by atoms with Gasteiger partial charge in [0.05, 0.1) is 12.3 Å². The van der Waals surface area contributed by atoms with Crippen molar-refractivity contribution in [3.8, 4) is 0 Å². The van der Waals surface area contributed by atoms with Crippen molar-refractivity contribution in [2.75, 3.05) is 30.8 Å². The van der Waals surface area contributed by atoms with E-state index in [-0.39, 0.29) is 41.9 Å². The van der Waals surface area contributed by atoms with Gasteiger partial charge in [0, 0.05) is 49.0 Å².